The molecule has 1 amide bonds. The number of rotatable bonds is 6. The van der Waals surface area contributed by atoms with Crippen LogP contribution in [0.25, 0.3) is 11.5 Å². The van der Waals surface area contributed by atoms with E-state index in [0.717, 1.165) is 12.0 Å². The molecule has 0 fully saturated rings. The summed E-state index contributed by atoms with van der Waals surface area (Å²) in [6.07, 6.45) is 1.44. The Balaban J connectivity index is 0.00000288. The summed E-state index contributed by atoms with van der Waals surface area (Å²) in [5, 5.41) is 7.38. The van der Waals surface area contributed by atoms with Crippen molar-refractivity contribution >= 4 is 29.9 Å². The molecule has 2 atom stereocenters. The number of aromatic nitrogens is 2. The van der Waals surface area contributed by atoms with Crippen molar-refractivity contribution in [3.63, 3.8) is 0 Å². The van der Waals surface area contributed by atoms with Gasteiger partial charge in [-0.25, -0.2) is 0 Å². The molecule has 24 heavy (non-hydrogen) atoms. The van der Waals surface area contributed by atoms with Gasteiger partial charge < -0.3 is 15.6 Å². The maximum atomic E-state index is 12.2. The van der Waals surface area contributed by atoms with Gasteiger partial charge in [-0.05, 0) is 44.5 Å². The molecule has 0 aliphatic heterocycles. The van der Waals surface area contributed by atoms with E-state index in [1.54, 1.807) is 38.1 Å². The van der Waals surface area contributed by atoms with E-state index < -0.39 is 11.6 Å². The summed E-state index contributed by atoms with van der Waals surface area (Å²) in [6.45, 7) is 5.49. The van der Waals surface area contributed by atoms with E-state index in [1.165, 1.54) is 0 Å². The van der Waals surface area contributed by atoms with E-state index in [9.17, 15) is 4.79 Å². The van der Waals surface area contributed by atoms with Crippen LogP contribution in [-0.2, 0) is 4.79 Å². The predicted octanol–water partition coefficient (Wildman–Crippen LogP) is 3.51. The number of nitrogens with two attached hydrogens (primary N) is 1. The number of amides is 1. The summed E-state index contributed by atoms with van der Waals surface area (Å²) in [4.78, 5) is 16.5. The zero-order valence-electron chi connectivity index (χ0n) is 13.9. The first-order valence-corrected chi connectivity index (χ1v) is 7.90. The molecule has 0 aliphatic rings. The summed E-state index contributed by atoms with van der Waals surface area (Å²) in [5.41, 5.74) is 5.87. The van der Waals surface area contributed by atoms with Crippen molar-refractivity contribution in [1.82, 2.24) is 15.5 Å². The van der Waals surface area contributed by atoms with Crippen molar-refractivity contribution < 1.29 is 9.32 Å². The third-order valence-corrected chi connectivity index (χ3v) is 3.81. The van der Waals surface area contributed by atoms with E-state index in [2.05, 4.69) is 15.5 Å². The van der Waals surface area contributed by atoms with E-state index in [1.807, 2.05) is 6.92 Å². The monoisotopic (exact) mass is 372 g/mol. The Kier molecular flexibility index (Phi) is 7.20. The van der Waals surface area contributed by atoms with E-state index in [4.69, 9.17) is 21.9 Å². The molecular formula is C16H22Cl2N4O2. The fraction of sp³-hybridized carbons (Fsp3) is 0.438. The number of nitrogens with zero attached hydrogens (tertiary/aromatic N) is 2. The Morgan fingerprint density at radius 3 is 2.62 bits per heavy atom. The first-order chi connectivity index (χ1) is 10.8. The lowest BCUT2D eigenvalue weighted by Gasteiger charge is -2.24. The minimum Gasteiger partial charge on any atom is -0.345 e. The summed E-state index contributed by atoms with van der Waals surface area (Å²) >= 11 is 5.85. The smallest absolute Gasteiger partial charge is 0.257 e. The van der Waals surface area contributed by atoms with E-state index in [0.29, 0.717) is 23.2 Å². The Labute approximate surface area is 152 Å². The lowest BCUT2D eigenvalue weighted by atomic mass is 9.96. The fourth-order valence-corrected chi connectivity index (χ4v) is 2.31. The van der Waals surface area contributed by atoms with Crippen LogP contribution in [0.3, 0.4) is 0 Å². The number of halogens is 2. The first kappa shape index (κ1) is 20.4. The standard InChI is InChI=1S/C16H21ClN4O2.ClH/c1-4-9-16(3,18)15(22)19-10(2)13-20-14(23-21-13)11-5-7-12(17)8-6-11;/h5-8,10H,4,9,18H2,1-3H3,(H,19,22);1H. The third-order valence-electron chi connectivity index (χ3n) is 3.56. The molecule has 1 aromatic heterocycles. The van der Waals surface area contributed by atoms with Crippen molar-refractivity contribution in [1.29, 1.82) is 0 Å². The van der Waals surface area contributed by atoms with Crippen molar-refractivity contribution in [2.75, 3.05) is 0 Å². The molecule has 1 aromatic carbocycles. The molecule has 3 N–H and O–H groups in total. The highest BCUT2D eigenvalue weighted by Gasteiger charge is 2.29. The number of carbonyl (C=O) groups excluding carboxylic acids is 1. The predicted molar refractivity (Wildman–Crippen MR) is 96.1 cm³/mol. The summed E-state index contributed by atoms with van der Waals surface area (Å²) in [7, 11) is 0. The van der Waals surface area contributed by atoms with Gasteiger partial charge in [0.25, 0.3) is 5.89 Å². The molecule has 0 aliphatic carbocycles. The van der Waals surface area contributed by atoms with Crippen LogP contribution in [-0.4, -0.2) is 21.6 Å². The topological polar surface area (TPSA) is 94.0 Å². The molecule has 2 rings (SSSR count). The van der Waals surface area contributed by atoms with Gasteiger partial charge in [-0.1, -0.05) is 30.1 Å². The van der Waals surface area contributed by atoms with Crippen LogP contribution in [0.5, 0.6) is 0 Å². The Bertz CT molecular complexity index is 671. The lowest BCUT2D eigenvalue weighted by Crippen LogP contribution is -2.52. The summed E-state index contributed by atoms with van der Waals surface area (Å²) < 4.78 is 5.24. The van der Waals surface area contributed by atoms with Gasteiger partial charge in [0.05, 0.1) is 11.6 Å². The molecule has 0 saturated carbocycles. The minimum absolute atomic E-state index is 0. The quantitative estimate of drug-likeness (QED) is 0.808. The molecule has 0 bridgehead atoms. The van der Waals surface area contributed by atoms with E-state index in [-0.39, 0.29) is 18.3 Å². The molecule has 1 heterocycles. The molecule has 8 heteroatoms. The largest absolute Gasteiger partial charge is 0.345 e. The van der Waals surface area contributed by atoms with Gasteiger partial charge in [0.15, 0.2) is 5.82 Å². The van der Waals surface area contributed by atoms with Crippen LogP contribution >= 0.6 is 24.0 Å². The molecule has 0 radical (unpaired) electrons. The van der Waals surface area contributed by atoms with Crippen LogP contribution in [0.4, 0.5) is 0 Å². The fourth-order valence-electron chi connectivity index (χ4n) is 2.18. The van der Waals surface area contributed by atoms with E-state index >= 15 is 0 Å². The number of hydrogen-bond donors (Lipinski definition) is 2. The Hall–Kier alpha value is -1.63. The van der Waals surface area contributed by atoms with Gasteiger partial charge in [0.1, 0.15) is 0 Å². The normalized spacial score (nSPS) is 14.4. The lowest BCUT2D eigenvalue weighted by molar-refractivity contribution is -0.126. The second-order valence-electron chi connectivity index (χ2n) is 5.83. The molecule has 132 valence electrons. The number of benzene rings is 1. The van der Waals surface area contributed by atoms with Crippen LogP contribution in [0.15, 0.2) is 28.8 Å². The maximum Gasteiger partial charge on any atom is 0.257 e. The average molecular weight is 373 g/mol. The second-order valence-corrected chi connectivity index (χ2v) is 6.26. The van der Waals surface area contributed by atoms with Gasteiger partial charge >= 0.3 is 0 Å². The van der Waals surface area contributed by atoms with Crippen LogP contribution in [0.2, 0.25) is 5.02 Å². The molecule has 2 aromatic rings. The zero-order valence-corrected chi connectivity index (χ0v) is 15.4. The average Bonchev–Trinajstić information content (AvgIpc) is 2.97. The van der Waals surface area contributed by atoms with Gasteiger partial charge in [-0.3, -0.25) is 4.79 Å². The van der Waals surface area contributed by atoms with Crippen LogP contribution < -0.4 is 11.1 Å². The van der Waals surface area contributed by atoms with Crippen LogP contribution in [0, 0.1) is 0 Å². The van der Waals surface area contributed by atoms with Crippen molar-refractivity contribution in [2.24, 2.45) is 5.73 Å². The molecule has 6 nitrogen and oxygen atoms in total. The highest BCUT2D eigenvalue weighted by atomic mass is 35.5. The van der Waals surface area contributed by atoms with Crippen molar-refractivity contribution in [2.45, 2.75) is 45.2 Å². The Morgan fingerprint density at radius 2 is 2.04 bits per heavy atom. The zero-order chi connectivity index (χ0) is 17.0. The van der Waals surface area contributed by atoms with Gasteiger partial charge in [0.2, 0.25) is 5.91 Å². The maximum absolute atomic E-state index is 12.2. The molecule has 0 saturated heterocycles. The SMILES string of the molecule is CCCC(C)(N)C(=O)NC(C)c1noc(-c2ccc(Cl)cc2)n1.Cl. The van der Waals surface area contributed by atoms with Crippen molar-refractivity contribution in [3.05, 3.63) is 35.1 Å². The van der Waals surface area contributed by atoms with Gasteiger partial charge in [0, 0.05) is 10.6 Å². The van der Waals surface area contributed by atoms with Crippen molar-refractivity contribution in [3.8, 4) is 11.5 Å². The van der Waals surface area contributed by atoms with Gasteiger partial charge in [-0.15, -0.1) is 12.4 Å². The third kappa shape index (κ3) is 4.93. The molecule has 0 spiro atoms. The summed E-state index contributed by atoms with van der Waals surface area (Å²) in [5.74, 6) is 0.544. The number of nitrogens with one attached hydrogen (secondary N) is 1. The summed E-state index contributed by atoms with van der Waals surface area (Å²) in [6, 6.07) is 6.68. The Morgan fingerprint density at radius 1 is 1.42 bits per heavy atom. The highest BCUT2D eigenvalue weighted by molar-refractivity contribution is 6.30. The molecule has 2 unspecified atom stereocenters. The van der Waals surface area contributed by atoms with Gasteiger partial charge in [-0.2, -0.15) is 4.98 Å². The van der Waals surface area contributed by atoms with Crippen LogP contribution in [0.1, 0.15) is 45.5 Å². The molecular weight excluding hydrogens is 351 g/mol. The number of carbonyl (C=O) groups is 1. The first-order valence-electron chi connectivity index (χ1n) is 7.53. The highest BCUT2D eigenvalue weighted by Crippen LogP contribution is 2.21. The number of hydrogen-bond acceptors (Lipinski definition) is 5. The second kappa shape index (κ2) is 8.46. The minimum atomic E-state index is -0.911.